The first-order valence-corrected chi connectivity index (χ1v) is 4.28. The van der Waals surface area contributed by atoms with Gasteiger partial charge in [0.1, 0.15) is 11.6 Å². The van der Waals surface area contributed by atoms with Crippen LogP contribution in [-0.2, 0) is 6.42 Å². The van der Waals surface area contributed by atoms with Gasteiger partial charge in [0.25, 0.3) is 0 Å². The molecule has 0 spiro atoms. The number of hydrogen-bond donors (Lipinski definition) is 1. The molecule has 1 aromatic carbocycles. The van der Waals surface area contributed by atoms with E-state index < -0.39 is 11.6 Å². The zero-order valence-corrected chi connectivity index (χ0v) is 9.09. The quantitative estimate of drug-likeness (QED) is 0.823. The van der Waals surface area contributed by atoms with Crippen molar-refractivity contribution in [2.45, 2.75) is 6.42 Å². The summed E-state index contributed by atoms with van der Waals surface area (Å²) in [6, 6.07) is 2.19. The molecule has 0 aliphatic rings. The first-order valence-electron chi connectivity index (χ1n) is 3.49. The van der Waals surface area contributed by atoms with Crippen LogP contribution in [0.15, 0.2) is 16.6 Å². The summed E-state index contributed by atoms with van der Waals surface area (Å²) < 4.78 is 26.0. The van der Waals surface area contributed by atoms with E-state index in [4.69, 9.17) is 5.73 Å². The van der Waals surface area contributed by atoms with Gasteiger partial charge in [-0.05, 0) is 41.0 Å². The highest BCUT2D eigenvalue weighted by molar-refractivity contribution is 9.10. The molecular weight excluding hydrogens is 263 g/mol. The van der Waals surface area contributed by atoms with Crippen LogP contribution in [0.25, 0.3) is 0 Å². The summed E-state index contributed by atoms with van der Waals surface area (Å²) in [5.41, 5.74) is 5.54. The summed E-state index contributed by atoms with van der Waals surface area (Å²) in [6.45, 7) is 0.305. The minimum Gasteiger partial charge on any atom is -0.330 e. The van der Waals surface area contributed by atoms with Crippen LogP contribution in [0.2, 0.25) is 0 Å². The molecule has 0 unspecified atom stereocenters. The maximum atomic E-state index is 13.0. The van der Waals surface area contributed by atoms with E-state index in [0.29, 0.717) is 18.5 Å². The van der Waals surface area contributed by atoms with E-state index in [0.717, 1.165) is 12.1 Å². The number of hydrogen-bond acceptors (Lipinski definition) is 1. The lowest BCUT2D eigenvalue weighted by molar-refractivity contribution is 0.579. The van der Waals surface area contributed by atoms with Crippen molar-refractivity contribution in [2.24, 2.45) is 5.73 Å². The predicted molar refractivity (Wildman–Crippen MR) is 54.1 cm³/mol. The lowest BCUT2D eigenvalue weighted by Gasteiger charge is -2.04. The SMILES string of the molecule is Cl.NCCc1c(F)ccc(F)c1Br. The van der Waals surface area contributed by atoms with E-state index in [1.807, 2.05) is 0 Å². The molecule has 0 amide bonds. The van der Waals surface area contributed by atoms with Crippen LogP contribution in [0.4, 0.5) is 8.78 Å². The van der Waals surface area contributed by atoms with Crippen LogP contribution in [0.1, 0.15) is 5.56 Å². The fourth-order valence-corrected chi connectivity index (χ4v) is 1.46. The van der Waals surface area contributed by atoms with Gasteiger partial charge in [-0.1, -0.05) is 0 Å². The molecule has 0 saturated heterocycles. The molecule has 0 atom stereocenters. The van der Waals surface area contributed by atoms with E-state index in [1.165, 1.54) is 0 Å². The molecule has 0 bridgehead atoms. The Kier molecular flexibility index (Phi) is 5.44. The Hall–Kier alpha value is -0.190. The smallest absolute Gasteiger partial charge is 0.137 e. The fourth-order valence-electron chi connectivity index (χ4n) is 0.943. The minimum absolute atomic E-state index is 0. The molecule has 0 aliphatic carbocycles. The summed E-state index contributed by atoms with van der Waals surface area (Å²) in [4.78, 5) is 0. The van der Waals surface area contributed by atoms with Gasteiger partial charge in [0.2, 0.25) is 0 Å². The maximum absolute atomic E-state index is 13.0. The molecule has 5 heteroatoms. The highest BCUT2D eigenvalue weighted by Gasteiger charge is 2.09. The van der Waals surface area contributed by atoms with E-state index in [-0.39, 0.29) is 16.9 Å². The summed E-state index contributed by atoms with van der Waals surface area (Å²) in [5.74, 6) is -0.881. The van der Waals surface area contributed by atoms with Gasteiger partial charge in [0.05, 0.1) is 4.47 Å². The van der Waals surface area contributed by atoms with Gasteiger partial charge in [0, 0.05) is 5.56 Å². The van der Waals surface area contributed by atoms with Crippen LogP contribution in [0, 0.1) is 11.6 Å². The van der Waals surface area contributed by atoms with Gasteiger partial charge in [-0.15, -0.1) is 12.4 Å². The Morgan fingerprint density at radius 2 is 1.77 bits per heavy atom. The highest BCUT2D eigenvalue weighted by atomic mass is 79.9. The molecule has 0 heterocycles. The Labute approximate surface area is 89.9 Å². The Morgan fingerprint density at radius 1 is 1.23 bits per heavy atom. The summed E-state index contributed by atoms with van der Waals surface area (Å²) in [5, 5.41) is 0. The van der Waals surface area contributed by atoms with Crippen molar-refractivity contribution in [3.8, 4) is 0 Å². The molecule has 0 aliphatic heterocycles. The predicted octanol–water partition coefficient (Wildman–Crippen LogP) is 2.65. The van der Waals surface area contributed by atoms with Gasteiger partial charge in [-0.2, -0.15) is 0 Å². The van der Waals surface area contributed by atoms with E-state index in [2.05, 4.69) is 15.9 Å². The second-order valence-electron chi connectivity index (χ2n) is 2.36. The fraction of sp³-hybridized carbons (Fsp3) is 0.250. The molecule has 13 heavy (non-hydrogen) atoms. The van der Waals surface area contributed by atoms with Crippen molar-refractivity contribution in [1.29, 1.82) is 0 Å². The van der Waals surface area contributed by atoms with Gasteiger partial charge in [0.15, 0.2) is 0 Å². The summed E-state index contributed by atoms with van der Waals surface area (Å²) in [6.07, 6.45) is 0.337. The van der Waals surface area contributed by atoms with Crippen LogP contribution in [-0.4, -0.2) is 6.54 Å². The normalized spacial score (nSPS) is 9.54. The number of benzene rings is 1. The average molecular weight is 273 g/mol. The van der Waals surface area contributed by atoms with E-state index in [9.17, 15) is 8.78 Å². The third-order valence-corrected chi connectivity index (χ3v) is 2.39. The molecule has 74 valence electrons. The van der Waals surface area contributed by atoms with Gasteiger partial charge >= 0.3 is 0 Å². The van der Waals surface area contributed by atoms with Gasteiger partial charge < -0.3 is 5.73 Å². The summed E-state index contributed by atoms with van der Waals surface area (Å²) in [7, 11) is 0. The molecule has 0 fully saturated rings. The first kappa shape index (κ1) is 12.8. The van der Waals surface area contributed by atoms with Gasteiger partial charge in [-0.3, -0.25) is 0 Å². The number of halogens is 4. The van der Waals surface area contributed by atoms with Crippen molar-refractivity contribution >= 4 is 28.3 Å². The standard InChI is InChI=1S/C8H8BrF2N.ClH/c9-8-5(3-4-12)6(10)1-2-7(8)11;/h1-2H,3-4,12H2;1H. The summed E-state index contributed by atoms with van der Waals surface area (Å²) >= 11 is 2.96. The zero-order chi connectivity index (χ0) is 9.14. The monoisotopic (exact) mass is 271 g/mol. The molecule has 1 nitrogen and oxygen atoms in total. The minimum atomic E-state index is -0.458. The van der Waals surface area contributed by atoms with Crippen LogP contribution < -0.4 is 5.73 Å². The van der Waals surface area contributed by atoms with Crippen LogP contribution in [0.5, 0.6) is 0 Å². The van der Waals surface area contributed by atoms with Crippen molar-refractivity contribution < 1.29 is 8.78 Å². The number of nitrogens with two attached hydrogens (primary N) is 1. The van der Waals surface area contributed by atoms with Crippen molar-refractivity contribution in [3.05, 3.63) is 33.8 Å². The molecule has 1 aromatic rings. The second-order valence-corrected chi connectivity index (χ2v) is 3.15. The molecule has 0 saturated carbocycles. The highest BCUT2D eigenvalue weighted by Crippen LogP contribution is 2.23. The lowest BCUT2D eigenvalue weighted by Crippen LogP contribution is -2.06. The van der Waals surface area contributed by atoms with Gasteiger partial charge in [-0.25, -0.2) is 8.78 Å². The third-order valence-electron chi connectivity index (χ3n) is 1.53. The lowest BCUT2D eigenvalue weighted by atomic mass is 10.1. The largest absolute Gasteiger partial charge is 0.330 e. The maximum Gasteiger partial charge on any atom is 0.137 e. The molecule has 1 rings (SSSR count). The molecule has 0 aromatic heterocycles. The van der Waals surface area contributed by atoms with Crippen molar-refractivity contribution in [1.82, 2.24) is 0 Å². The Bertz CT molecular complexity index is 294. The topological polar surface area (TPSA) is 26.0 Å². The van der Waals surface area contributed by atoms with Crippen molar-refractivity contribution in [2.75, 3.05) is 6.54 Å². The Balaban J connectivity index is 0.00000144. The van der Waals surface area contributed by atoms with Crippen LogP contribution in [0.3, 0.4) is 0 Å². The Morgan fingerprint density at radius 3 is 2.31 bits per heavy atom. The van der Waals surface area contributed by atoms with Crippen LogP contribution >= 0.6 is 28.3 Å². The molecule has 2 N–H and O–H groups in total. The average Bonchev–Trinajstić information content (AvgIpc) is 2.06. The molecule has 0 radical (unpaired) electrons. The second kappa shape index (κ2) is 5.52. The van der Waals surface area contributed by atoms with Crippen molar-refractivity contribution in [3.63, 3.8) is 0 Å². The first-order chi connectivity index (χ1) is 5.66. The zero-order valence-electron chi connectivity index (χ0n) is 6.69. The van der Waals surface area contributed by atoms with E-state index >= 15 is 0 Å². The third kappa shape index (κ3) is 2.90. The van der Waals surface area contributed by atoms with E-state index in [1.54, 1.807) is 0 Å². The molecular formula is C8H9BrClF2N. The number of rotatable bonds is 2.